The lowest BCUT2D eigenvalue weighted by Crippen LogP contribution is -2.05. The summed E-state index contributed by atoms with van der Waals surface area (Å²) < 4.78 is 5.07. The number of anilines is 1. The summed E-state index contributed by atoms with van der Waals surface area (Å²) in [6.45, 7) is 1.46. The summed E-state index contributed by atoms with van der Waals surface area (Å²) in [5.41, 5.74) is 1.29. The van der Waals surface area contributed by atoms with Gasteiger partial charge in [0.2, 0.25) is 5.91 Å². The zero-order chi connectivity index (χ0) is 16.8. The number of methoxy groups -OCH3 is 1. The average molecular weight is 350 g/mol. The van der Waals surface area contributed by atoms with Crippen molar-refractivity contribution in [2.45, 2.75) is 11.8 Å². The number of ether oxygens (including phenoxy) is 1. The molecule has 0 unspecified atom stereocenters. The smallest absolute Gasteiger partial charge is 0.221 e. The Bertz CT molecular complexity index is 716. The van der Waals surface area contributed by atoms with Crippen molar-refractivity contribution >= 4 is 40.7 Å². The molecule has 0 heterocycles. The summed E-state index contributed by atoms with van der Waals surface area (Å²) in [6.07, 6.45) is 0. The molecule has 0 aliphatic rings. The highest BCUT2D eigenvalue weighted by molar-refractivity contribution is 8.00. The molecule has 0 saturated carbocycles. The third-order valence-corrected chi connectivity index (χ3v) is 4.33. The number of hydrogen-bond acceptors (Lipinski definition) is 4. The predicted molar refractivity (Wildman–Crippen MR) is 93.8 cm³/mol. The van der Waals surface area contributed by atoms with E-state index in [1.54, 1.807) is 30.3 Å². The number of rotatable bonds is 6. The highest BCUT2D eigenvalue weighted by Gasteiger charge is 2.10. The normalized spacial score (nSPS) is 10.2. The zero-order valence-corrected chi connectivity index (χ0v) is 14.3. The van der Waals surface area contributed by atoms with Gasteiger partial charge in [-0.15, -0.1) is 11.8 Å². The average Bonchev–Trinajstić information content (AvgIpc) is 2.53. The van der Waals surface area contributed by atoms with Crippen LogP contribution in [0, 0.1) is 0 Å². The number of Topliss-reactive ketones (excluding diaryl/α,β-unsaturated/α-hetero) is 1. The Morgan fingerprint density at radius 1 is 1.17 bits per heavy atom. The van der Waals surface area contributed by atoms with Gasteiger partial charge in [0.25, 0.3) is 0 Å². The molecular formula is C17H16ClNO3S. The molecule has 23 heavy (non-hydrogen) atoms. The van der Waals surface area contributed by atoms with Crippen LogP contribution in [0.1, 0.15) is 17.3 Å². The molecule has 0 saturated heterocycles. The molecule has 0 aromatic heterocycles. The van der Waals surface area contributed by atoms with Gasteiger partial charge in [-0.05, 0) is 42.5 Å². The van der Waals surface area contributed by atoms with Crippen LogP contribution in [0.15, 0.2) is 47.4 Å². The third kappa shape index (κ3) is 5.01. The maximum Gasteiger partial charge on any atom is 0.221 e. The van der Waals surface area contributed by atoms with E-state index in [1.807, 2.05) is 12.1 Å². The van der Waals surface area contributed by atoms with Crippen LogP contribution in [0.5, 0.6) is 5.75 Å². The van der Waals surface area contributed by atoms with E-state index in [1.165, 1.54) is 25.8 Å². The number of nitrogens with one attached hydrogen (secondary N) is 1. The summed E-state index contributed by atoms with van der Waals surface area (Å²) >= 11 is 7.46. The van der Waals surface area contributed by atoms with Gasteiger partial charge in [0, 0.05) is 23.1 Å². The Labute approximate surface area is 144 Å². The summed E-state index contributed by atoms with van der Waals surface area (Å²) in [5, 5.41) is 3.12. The standard InChI is InChI=1S/C17H16ClNO3S/c1-11(20)19-13-4-6-14(7-5-13)23-10-16(21)12-3-8-17(22-2)15(18)9-12/h3-9H,10H2,1-2H3,(H,19,20). The number of amides is 1. The monoisotopic (exact) mass is 349 g/mol. The minimum Gasteiger partial charge on any atom is -0.495 e. The van der Waals surface area contributed by atoms with Crippen molar-refractivity contribution in [2.75, 3.05) is 18.2 Å². The Morgan fingerprint density at radius 2 is 1.87 bits per heavy atom. The first-order valence-corrected chi connectivity index (χ1v) is 8.23. The van der Waals surface area contributed by atoms with Crippen molar-refractivity contribution in [3.8, 4) is 5.75 Å². The quantitative estimate of drug-likeness (QED) is 0.624. The van der Waals surface area contributed by atoms with E-state index in [2.05, 4.69) is 5.32 Å². The van der Waals surface area contributed by atoms with E-state index in [4.69, 9.17) is 16.3 Å². The number of hydrogen-bond donors (Lipinski definition) is 1. The Kier molecular flexibility index (Phi) is 6.07. The van der Waals surface area contributed by atoms with Gasteiger partial charge in [0.15, 0.2) is 5.78 Å². The maximum absolute atomic E-state index is 12.2. The van der Waals surface area contributed by atoms with Crippen LogP contribution in [0.4, 0.5) is 5.69 Å². The van der Waals surface area contributed by atoms with Crippen LogP contribution >= 0.6 is 23.4 Å². The molecular weight excluding hydrogens is 334 g/mol. The number of carbonyl (C=O) groups is 2. The Balaban J connectivity index is 1.96. The summed E-state index contributed by atoms with van der Waals surface area (Å²) in [7, 11) is 1.53. The molecule has 2 aromatic rings. The van der Waals surface area contributed by atoms with Crippen molar-refractivity contribution in [3.05, 3.63) is 53.1 Å². The molecule has 2 aromatic carbocycles. The second-order valence-corrected chi connectivity index (χ2v) is 6.22. The van der Waals surface area contributed by atoms with Gasteiger partial charge in [0.1, 0.15) is 5.75 Å². The van der Waals surface area contributed by atoms with Crippen LogP contribution in [0.25, 0.3) is 0 Å². The Hall–Kier alpha value is -1.98. The van der Waals surface area contributed by atoms with Crippen LogP contribution in [0.2, 0.25) is 5.02 Å². The molecule has 0 atom stereocenters. The lowest BCUT2D eigenvalue weighted by atomic mass is 10.1. The first-order chi connectivity index (χ1) is 11.0. The van der Waals surface area contributed by atoms with Crippen LogP contribution in [-0.4, -0.2) is 24.6 Å². The fraction of sp³-hybridized carbons (Fsp3) is 0.176. The summed E-state index contributed by atoms with van der Waals surface area (Å²) in [6, 6.07) is 12.3. The van der Waals surface area contributed by atoms with Crippen molar-refractivity contribution < 1.29 is 14.3 Å². The lowest BCUT2D eigenvalue weighted by molar-refractivity contribution is -0.114. The Morgan fingerprint density at radius 3 is 2.43 bits per heavy atom. The van der Waals surface area contributed by atoms with E-state index in [-0.39, 0.29) is 11.7 Å². The first kappa shape index (κ1) is 17.4. The van der Waals surface area contributed by atoms with Crippen molar-refractivity contribution in [1.29, 1.82) is 0 Å². The van der Waals surface area contributed by atoms with Gasteiger partial charge in [-0.1, -0.05) is 11.6 Å². The fourth-order valence-corrected chi connectivity index (χ4v) is 2.96. The number of carbonyl (C=O) groups excluding carboxylic acids is 2. The summed E-state index contributed by atoms with van der Waals surface area (Å²) in [5.74, 6) is 0.731. The molecule has 2 rings (SSSR count). The van der Waals surface area contributed by atoms with Gasteiger partial charge in [-0.25, -0.2) is 0 Å². The van der Waals surface area contributed by atoms with Crippen LogP contribution < -0.4 is 10.1 Å². The topological polar surface area (TPSA) is 55.4 Å². The highest BCUT2D eigenvalue weighted by atomic mass is 35.5. The molecule has 6 heteroatoms. The second kappa shape index (κ2) is 8.04. The fourth-order valence-electron chi connectivity index (χ4n) is 1.91. The minimum absolute atomic E-state index is 0.00881. The lowest BCUT2D eigenvalue weighted by Gasteiger charge is -2.06. The van der Waals surface area contributed by atoms with E-state index >= 15 is 0 Å². The van der Waals surface area contributed by atoms with Gasteiger partial charge < -0.3 is 10.1 Å². The number of thioether (sulfide) groups is 1. The van der Waals surface area contributed by atoms with E-state index < -0.39 is 0 Å². The summed E-state index contributed by atoms with van der Waals surface area (Å²) in [4.78, 5) is 24.1. The number of halogens is 1. The van der Waals surface area contributed by atoms with Crippen molar-refractivity contribution in [3.63, 3.8) is 0 Å². The molecule has 1 N–H and O–H groups in total. The van der Waals surface area contributed by atoms with E-state index in [9.17, 15) is 9.59 Å². The molecule has 0 fully saturated rings. The molecule has 0 aliphatic carbocycles. The van der Waals surface area contributed by atoms with Gasteiger partial charge in [0.05, 0.1) is 17.9 Å². The number of ketones is 1. The van der Waals surface area contributed by atoms with Crippen LogP contribution in [-0.2, 0) is 4.79 Å². The molecule has 0 bridgehead atoms. The number of benzene rings is 2. The molecule has 0 spiro atoms. The first-order valence-electron chi connectivity index (χ1n) is 6.87. The van der Waals surface area contributed by atoms with Gasteiger partial charge in [-0.2, -0.15) is 0 Å². The van der Waals surface area contributed by atoms with Crippen molar-refractivity contribution in [1.82, 2.24) is 0 Å². The molecule has 1 amide bonds. The van der Waals surface area contributed by atoms with E-state index in [0.29, 0.717) is 22.1 Å². The molecule has 120 valence electrons. The maximum atomic E-state index is 12.2. The predicted octanol–water partition coefficient (Wildman–Crippen LogP) is 4.28. The highest BCUT2D eigenvalue weighted by Crippen LogP contribution is 2.26. The minimum atomic E-state index is -0.114. The SMILES string of the molecule is COc1ccc(C(=O)CSc2ccc(NC(C)=O)cc2)cc1Cl. The van der Waals surface area contributed by atoms with E-state index in [0.717, 1.165) is 10.6 Å². The van der Waals surface area contributed by atoms with Gasteiger partial charge in [-0.3, -0.25) is 9.59 Å². The molecule has 0 aliphatic heterocycles. The third-order valence-electron chi connectivity index (χ3n) is 3.02. The molecule has 4 nitrogen and oxygen atoms in total. The largest absolute Gasteiger partial charge is 0.495 e. The zero-order valence-electron chi connectivity index (χ0n) is 12.8. The molecule has 0 radical (unpaired) electrons. The van der Waals surface area contributed by atoms with Crippen molar-refractivity contribution in [2.24, 2.45) is 0 Å². The van der Waals surface area contributed by atoms with Crippen LogP contribution in [0.3, 0.4) is 0 Å². The second-order valence-electron chi connectivity index (χ2n) is 4.77. The van der Waals surface area contributed by atoms with Gasteiger partial charge >= 0.3 is 0 Å².